The fraction of sp³-hybridized carbons (Fsp3) is 0.250. The van der Waals surface area contributed by atoms with Gasteiger partial charge in [0.15, 0.2) is 11.5 Å². The molecular formula is C24H27ClNO2+. The van der Waals surface area contributed by atoms with Crippen LogP contribution in [0, 0.1) is 6.92 Å². The lowest BCUT2D eigenvalue weighted by atomic mass is 10.1. The third kappa shape index (κ3) is 6.01. The summed E-state index contributed by atoms with van der Waals surface area (Å²) in [5.74, 6) is 1.55. The number of aryl methyl sites for hydroxylation is 1. The smallest absolute Gasteiger partial charge is 0.161 e. The Kier molecular flexibility index (Phi) is 7.35. The molecule has 0 aromatic heterocycles. The molecule has 0 saturated carbocycles. The van der Waals surface area contributed by atoms with E-state index in [9.17, 15) is 0 Å². The lowest BCUT2D eigenvalue weighted by Crippen LogP contribution is -2.80. The summed E-state index contributed by atoms with van der Waals surface area (Å²) in [6.45, 7) is 7.03. The SMILES string of the molecule is CCOc1cc(C[NH2+]Cc2ccc(C)cc2)ccc1OCc1ccc(Cl)cc1. The van der Waals surface area contributed by atoms with Crippen LogP contribution in [0.15, 0.2) is 66.7 Å². The first kappa shape index (κ1) is 20.2. The van der Waals surface area contributed by atoms with Crippen molar-refractivity contribution in [3.05, 3.63) is 94.0 Å². The largest absolute Gasteiger partial charge is 0.490 e. The molecule has 0 aliphatic carbocycles. The van der Waals surface area contributed by atoms with Gasteiger partial charge in [-0.3, -0.25) is 0 Å². The Morgan fingerprint density at radius 1 is 0.750 bits per heavy atom. The van der Waals surface area contributed by atoms with E-state index < -0.39 is 0 Å². The number of hydrogen-bond donors (Lipinski definition) is 1. The van der Waals surface area contributed by atoms with Crippen molar-refractivity contribution in [2.45, 2.75) is 33.5 Å². The van der Waals surface area contributed by atoms with Crippen LogP contribution >= 0.6 is 11.6 Å². The van der Waals surface area contributed by atoms with Crippen molar-refractivity contribution >= 4 is 11.6 Å². The summed E-state index contributed by atoms with van der Waals surface area (Å²) < 4.78 is 11.8. The summed E-state index contributed by atoms with van der Waals surface area (Å²) in [5, 5.41) is 3.02. The Bertz CT molecular complexity index is 876. The first-order valence-electron chi connectivity index (χ1n) is 9.64. The number of rotatable bonds is 9. The van der Waals surface area contributed by atoms with Gasteiger partial charge in [0.1, 0.15) is 19.7 Å². The van der Waals surface area contributed by atoms with Crippen molar-refractivity contribution in [1.82, 2.24) is 0 Å². The summed E-state index contributed by atoms with van der Waals surface area (Å²) in [4.78, 5) is 0. The zero-order valence-corrected chi connectivity index (χ0v) is 17.2. The van der Waals surface area contributed by atoms with Gasteiger partial charge in [0.2, 0.25) is 0 Å². The van der Waals surface area contributed by atoms with Crippen LogP contribution in [0.3, 0.4) is 0 Å². The second-order valence-electron chi connectivity index (χ2n) is 6.81. The fourth-order valence-corrected chi connectivity index (χ4v) is 3.06. The van der Waals surface area contributed by atoms with Crippen LogP contribution in [0.25, 0.3) is 0 Å². The molecule has 0 aliphatic rings. The maximum absolute atomic E-state index is 5.98. The van der Waals surface area contributed by atoms with Crippen LogP contribution in [0.5, 0.6) is 11.5 Å². The Hall–Kier alpha value is -2.49. The van der Waals surface area contributed by atoms with Crippen LogP contribution in [-0.4, -0.2) is 6.61 Å². The summed E-state index contributed by atoms with van der Waals surface area (Å²) in [5.41, 5.74) is 4.91. The van der Waals surface area contributed by atoms with Crippen LogP contribution in [0.1, 0.15) is 29.2 Å². The molecule has 3 rings (SSSR count). The van der Waals surface area contributed by atoms with Gasteiger partial charge in [0.25, 0.3) is 0 Å². The highest BCUT2D eigenvalue weighted by Crippen LogP contribution is 2.29. The Labute approximate surface area is 172 Å². The molecule has 0 unspecified atom stereocenters. The van der Waals surface area contributed by atoms with Gasteiger partial charge in [-0.15, -0.1) is 0 Å². The molecule has 3 aromatic carbocycles. The predicted molar refractivity (Wildman–Crippen MR) is 114 cm³/mol. The van der Waals surface area contributed by atoms with E-state index in [4.69, 9.17) is 21.1 Å². The molecule has 0 heterocycles. The second kappa shape index (κ2) is 10.2. The summed E-state index contributed by atoms with van der Waals surface area (Å²) in [6.07, 6.45) is 0. The van der Waals surface area contributed by atoms with Crippen molar-refractivity contribution in [1.29, 1.82) is 0 Å². The quantitative estimate of drug-likeness (QED) is 0.558. The summed E-state index contributed by atoms with van der Waals surface area (Å²) >= 11 is 5.94. The average Bonchev–Trinajstić information content (AvgIpc) is 2.70. The van der Waals surface area contributed by atoms with Crippen molar-refractivity contribution in [3.63, 3.8) is 0 Å². The second-order valence-corrected chi connectivity index (χ2v) is 7.25. The average molecular weight is 397 g/mol. The van der Waals surface area contributed by atoms with E-state index in [1.165, 1.54) is 16.7 Å². The molecule has 28 heavy (non-hydrogen) atoms. The van der Waals surface area contributed by atoms with E-state index in [-0.39, 0.29) is 0 Å². The molecule has 0 atom stereocenters. The zero-order valence-electron chi connectivity index (χ0n) is 16.5. The highest BCUT2D eigenvalue weighted by atomic mass is 35.5. The Morgan fingerprint density at radius 2 is 1.39 bits per heavy atom. The van der Waals surface area contributed by atoms with E-state index in [0.29, 0.717) is 13.2 Å². The molecule has 3 nitrogen and oxygen atoms in total. The number of ether oxygens (including phenoxy) is 2. The third-order valence-electron chi connectivity index (χ3n) is 4.50. The maximum Gasteiger partial charge on any atom is 0.161 e. The number of benzene rings is 3. The number of hydrogen-bond acceptors (Lipinski definition) is 2. The van der Waals surface area contributed by atoms with E-state index >= 15 is 0 Å². The lowest BCUT2D eigenvalue weighted by molar-refractivity contribution is -0.686. The highest BCUT2D eigenvalue weighted by Gasteiger charge is 2.08. The summed E-state index contributed by atoms with van der Waals surface area (Å²) in [7, 11) is 0. The van der Waals surface area contributed by atoms with Gasteiger partial charge in [-0.1, -0.05) is 53.6 Å². The van der Waals surface area contributed by atoms with Gasteiger partial charge < -0.3 is 14.8 Å². The van der Waals surface area contributed by atoms with Crippen molar-refractivity contribution < 1.29 is 14.8 Å². The molecule has 0 bridgehead atoms. The standard InChI is InChI=1S/C24H26ClNO2/c1-3-27-24-14-21(16-26-15-19-6-4-18(2)5-7-19)10-13-23(24)28-17-20-8-11-22(25)12-9-20/h4-14,26H,3,15-17H2,1-2H3/p+1. The first-order chi connectivity index (χ1) is 13.6. The van der Waals surface area contributed by atoms with Crippen LogP contribution < -0.4 is 14.8 Å². The van der Waals surface area contributed by atoms with E-state index in [1.54, 1.807) is 0 Å². The number of nitrogens with two attached hydrogens (primary N) is 1. The predicted octanol–water partition coefficient (Wildman–Crippen LogP) is 4.89. The molecule has 4 heteroatoms. The lowest BCUT2D eigenvalue weighted by Gasteiger charge is -2.13. The molecule has 0 radical (unpaired) electrons. The van der Waals surface area contributed by atoms with E-state index in [2.05, 4.69) is 48.6 Å². The van der Waals surface area contributed by atoms with Crippen molar-refractivity contribution in [2.75, 3.05) is 6.61 Å². The Balaban J connectivity index is 1.59. The molecule has 0 amide bonds. The molecule has 3 aromatic rings. The first-order valence-corrected chi connectivity index (χ1v) is 10.0. The van der Waals surface area contributed by atoms with Crippen LogP contribution in [-0.2, 0) is 19.7 Å². The maximum atomic E-state index is 5.98. The number of halogens is 1. The van der Waals surface area contributed by atoms with E-state index in [0.717, 1.165) is 35.2 Å². The van der Waals surface area contributed by atoms with Crippen LogP contribution in [0.2, 0.25) is 5.02 Å². The molecular weight excluding hydrogens is 370 g/mol. The van der Waals surface area contributed by atoms with Gasteiger partial charge in [0.05, 0.1) is 6.61 Å². The monoisotopic (exact) mass is 396 g/mol. The van der Waals surface area contributed by atoms with Gasteiger partial charge in [0, 0.05) is 16.1 Å². The van der Waals surface area contributed by atoms with Crippen molar-refractivity contribution in [2.24, 2.45) is 0 Å². The van der Waals surface area contributed by atoms with Crippen molar-refractivity contribution in [3.8, 4) is 11.5 Å². The Morgan fingerprint density at radius 3 is 2.11 bits per heavy atom. The molecule has 0 aliphatic heterocycles. The minimum atomic E-state index is 0.482. The number of quaternary nitrogens is 1. The topological polar surface area (TPSA) is 35.1 Å². The van der Waals surface area contributed by atoms with Gasteiger partial charge in [-0.25, -0.2) is 0 Å². The minimum absolute atomic E-state index is 0.482. The molecule has 0 spiro atoms. The molecule has 2 N–H and O–H groups in total. The fourth-order valence-electron chi connectivity index (χ4n) is 2.94. The molecule has 0 fully saturated rings. The highest BCUT2D eigenvalue weighted by molar-refractivity contribution is 6.30. The molecule has 146 valence electrons. The third-order valence-corrected chi connectivity index (χ3v) is 4.75. The van der Waals surface area contributed by atoms with Gasteiger partial charge in [-0.05, 0) is 49.7 Å². The van der Waals surface area contributed by atoms with E-state index in [1.807, 2.05) is 37.3 Å². The molecule has 0 saturated heterocycles. The zero-order chi connectivity index (χ0) is 19.8. The normalized spacial score (nSPS) is 10.7. The van der Waals surface area contributed by atoms with Gasteiger partial charge >= 0.3 is 0 Å². The van der Waals surface area contributed by atoms with Crippen LogP contribution in [0.4, 0.5) is 0 Å². The van der Waals surface area contributed by atoms with Gasteiger partial charge in [-0.2, -0.15) is 0 Å². The summed E-state index contributed by atoms with van der Waals surface area (Å²) in [6, 6.07) is 22.5. The minimum Gasteiger partial charge on any atom is -0.490 e.